The van der Waals surface area contributed by atoms with Gasteiger partial charge in [-0.3, -0.25) is 0 Å². The minimum atomic E-state index is -0.465. The zero-order chi connectivity index (χ0) is 18.6. The molecule has 0 N–H and O–H groups in total. The van der Waals surface area contributed by atoms with Gasteiger partial charge in [-0.1, -0.05) is 17.7 Å². The van der Waals surface area contributed by atoms with Crippen LogP contribution in [-0.2, 0) is 11.3 Å². The van der Waals surface area contributed by atoms with Crippen molar-refractivity contribution in [1.29, 1.82) is 0 Å². The van der Waals surface area contributed by atoms with Crippen LogP contribution in [0.2, 0.25) is 5.02 Å². The second kappa shape index (κ2) is 7.63. The van der Waals surface area contributed by atoms with Crippen LogP contribution in [0.3, 0.4) is 0 Å². The molecule has 1 aromatic heterocycles. The number of hydrogen-bond acceptors (Lipinski definition) is 7. The van der Waals surface area contributed by atoms with E-state index < -0.39 is 5.97 Å². The van der Waals surface area contributed by atoms with E-state index in [1.165, 1.54) is 11.0 Å². The minimum Gasteiger partial charge on any atom is -0.489 e. The van der Waals surface area contributed by atoms with E-state index in [1.54, 1.807) is 36.4 Å². The Balaban J connectivity index is 1.48. The fraction of sp³-hybridized carbons (Fsp3) is 0.222. The molecule has 1 aliphatic rings. The van der Waals surface area contributed by atoms with Gasteiger partial charge in [0.1, 0.15) is 12.9 Å². The van der Waals surface area contributed by atoms with E-state index in [4.69, 9.17) is 25.8 Å². The van der Waals surface area contributed by atoms with Gasteiger partial charge in [-0.05, 0) is 46.3 Å². The third kappa shape index (κ3) is 3.85. The van der Waals surface area contributed by atoms with Gasteiger partial charge in [-0.2, -0.15) is 0 Å². The standard InChI is InChI=1S/C18H15ClN4O4/c19-15-7-12(8-16-17(15)26-6-2-5-25-16)10-27-18(24)13-3-1-4-14(9-13)23-11-20-21-22-23/h1,3-4,7-9,11H,2,5-6,10H2. The van der Waals surface area contributed by atoms with Crippen molar-refractivity contribution in [2.45, 2.75) is 13.0 Å². The Morgan fingerprint density at radius 2 is 2.11 bits per heavy atom. The first-order valence-electron chi connectivity index (χ1n) is 8.29. The SMILES string of the molecule is O=C(OCc1cc(Cl)c2c(c1)OCCCO2)c1cccc(-n2cnnn2)c1. The van der Waals surface area contributed by atoms with Crippen LogP contribution < -0.4 is 9.47 Å². The van der Waals surface area contributed by atoms with Crippen molar-refractivity contribution in [2.75, 3.05) is 13.2 Å². The second-order valence-electron chi connectivity index (χ2n) is 5.84. The summed E-state index contributed by atoms with van der Waals surface area (Å²) in [6.07, 6.45) is 2.23. The lowest BCUT2D eigenvalue weighted by atomic mass is 10.2. The highest BCUT2D eigenvalue weighted by Gasteiger charge is 2.17. The summed E-state index contributed by atoms with van der Waals surface area (Å²) in [5, 5.41) is 11.4. The van der Waals surface area contributed by atoms with Crippen LogP contribution in [0.4, 0.5) is 0 Å². The third-order valence-corrected chi connectivity index (χ3v) is 4.21. The molecule has 1 aliphatic heterocycles. The normalized spacial score (nSPS) is 13.1. The van der Waals surface area contributed by atoms with Gasteiger partial charge in [0.05, 0.1) is 29.5 Å². The molecule has 27 heavy (non-hydrogen) atoms. The Hall–Kier alpha value is -3.13. The van der Waals surface area contributed by atoms with Crippen molar-refractivity contribution >= 4 is 17.6 Å². The predicted molar refractivity (Wildman–Crippen MR) is 95.3 cm³/mol. The van der Waals surface area contributed by atoms with Crippen molar-refractivity contribution in [3.8, 4) is 17.2 Å². The average Bonchev–Trinajstić information content (AvgIpc) is 3.12. The van der Waals surface area contributed by atoms with Gasteiger partial charge in [0.25, 0.3) is 0 Å². The number of aromatic nitrogens is 4. The first kappa shape index (κ1) is 17.3. The lowest BCUT2D eigenvalue weighted by molar-refractivity contribution is 0.0472. The molecule has 0 saturated heterocycles. The number of carbonyl (C=O) groups is 1. The molecule has 2 heterocycles. The van der Waals surface area contributed by atoms with Crippen molar-refractivity contribution in [3.63, 3.8) is 0 Å². The van der Waals surface area contributed by atoms with Gasteiger partial charge >= 0.3 is 5.97 Å². The first-order valence-corrected chi connectivity index (χ1v) is 8.67. The van der Waals surface area contributed by atoms with Gasteiger partial charge in [0, 0.05) is 6.42 Å². The van der Waals surface area contributed by atoms with Crippen LogP contribution in [0.25, 0.3) is 5.69 Å². The molecule has 0 fully saturated rings. The van der Waals surface area contributed by atoms with Crippen LogP contribution in [-0.4, -0.2) is 39.4 Å². The number of rotatable bonds is 4. The molecule has 4 rings (SSSR count). The van der Waals surface area contributed by atoms with E-state index in [1.807, 2.05) is 0 Å². The molecule has 8 nitrogen and oxygen atoms in total. The fourth-order valence-electron chi connectivity index (χ4n) is 2.65. The van der Waals surface area contributed by atoms with Crippen LogP contribution in [0, 0.1) is 0 Å². The number of benzene rings is 2. The smallest absolute Gasteiger partial charge is 0.338 e. The summed E-state index contributed by atoms with van der Waals surface area (Å²) in [5.41, 5.74) is 1.77. The van der Waals surface area contributed by atoms with E-state index in [2.05, 4.69) is 15.5 Å². The highest BCUT2D eigenvalue weighted by Crippen LogP contribution is 2.38. The molecule has 9 heteroatoms. The van der Waals surface area contributed by atoms with Gasteiger partial charge in [-0.25, -0.2) is 9.48 Å². The summed E-state index contributed by atoms with van der Waals surface area (Å²) < 4.78 is 18.1. The Kier molecular flexibility index (Phi) is 4.88. The molecule has 138 valence electrons. The molecule has 0 spiro atoms. The zero-order valence-corrected chi connectivity index (χ0v) is 14.9. The largest absolute Gasteiger partial charge is 0.489 e. The second-order valence-corrected chi connectivity index (χ2v) is 6.24. The van der Waals surface area contributed by atoms with Crippen molar-refractivity contribution in [3.05, 3.63) is 58.9 Å². The topological polar surface area (TPSA) is 88.4 Å². The maximum Gasteiger partial charge on any atom is 0.338 e. The van der Waals surface area contributed by atoms with Crippen molar-refractivity contribution < 1.29 is 19.0 Å². The lowest BCUT2D eigenvalue weighted by Gasteiger charge is -2.12. The van der Waals surface area contributed by atoms with E-state index in [9.17, 15) is 4.79 Å². The Morgan fingerprint density at radius 1 is 1.22 bits per heavy atom. The van der Waals surface area contributed by atoms with Crippen LogP contribution in [0.5, 0.6) is 11.5 Å². The summed E-state index contributed by atoms with van der Waals surface area (Å²) in [5.74, 6) is 0.623. The van der Waals surface area contributed by atoms with Crippen molar-refractivity contribution in [1.82, 2.24) is 20.2 Å². The number of hydrogen-bond donors (Lipinski definition) is 0. The first-order chi connectivity index (χ1) is 13.2. The van der Waals surface area contributed by atoms with Gasteiger partial charge in [0.15, 0.2) is 11.5 Å². The highest BCUT2D eigenvalue weighted by atomic mass is 35.5. The van der Waals surface area contributed by atoms with Crippen LogP contribution in [0.1, 0.15) is 22.3 Å². The van der Waals surface area contributed by atoms with Crippen LogP contribution in [0.15, 0.2) is 42.7 Å². The van der Waals surface area contributed by atoms with Gasteiger partial charge in [-0.15, -0.1) is 5.10 Å². The number of fused-ring (bicyclic) bond motifs is 1. The number of nitrogens with zero attached hydrogens (tertiary/aromatic N) is 4. The van der Waals surface area contributed by atoms with E-state index in [0.717, 1.165) is 6.42 Å². The van der Waals surface area contributed by atoms with Crippen LogP contribution >= 0.6 is 11.6 Å². The lowest BCUT2D eigenvalue weighted by Crippen LogP contribution is -2.07. The average molecular weight is 387 g/mol. The van der Waals surface area contributed by atoms with Gasteiger partial charge in [0.2, 0.25) is 0 Å². The molecule has 0 radical (unpaired) electrons. The molecule has 0 unspecified atom stereocenters. The molecular weight excluding hydrogens is 372 g/mol. The zero-order valence-electron chi connectivity index (χ0n) is 14.2. The summed E-state index contributed by atoms with van der Waals surface area (Å²) >= 11 is 6.26. The summed E-state index contributed by atoms with van der Waals surface area (Å²) in [6, 6.07) is 10.3. The number of tetrazole rings is 1. The minimum absolute atomic E-state index is 0.0598. The molecule has 2 aromatic carbocycles. The molecule has 0 atom stereocenters. The molecule has 3 aromatic rings. The Morgan fingerprint density at radius 3 is 2.96 bits per heavy atom. The summed E-state index contributed by atoms with van der Waals surface area (Å²) in [7, 11) is 0. The molecular formula is C18H15ClN4O4. The maximum atomic E-state index is 12.4. The molecule has 0 bridgehead atoms. The monoisotopic (exact) mass is 386 g/mol. The molecule has 0 amide bonds. The molecule has 0 aliphatic carbocycles. The maximum absolute atomic E-state index is 12.4. The quantitative estimate of drug-likeness (QED) is 0.637. The highest BCUT2D eigenvalue weighted by molar-refractivity contribution is 6.32. The summed E-state index contributed by atoms with van der Waals surface area (Å²) in [6.45, 7) is 1.17. The van der Waals surface area contributed by atoms with Gasteiger partial charge < -0.3 is 14.2 Å². The Bertz CT molecular complexity index is 962. The number of ether oxygens (including phenoxy) is 3. The van der Waals surface area contributed by atoms with Crippen molar-refractivity contribution in [2.24, 2.45) is 0 Å². The number of carbonyl (C=O) groups excluding carboxylic acids is 1. The number of halogens is 1. The summed E-state index contributed by atoms with van der Waals surface area (Å²) in [4.78, 5) is 12.4. The predicted octanol–water partition coefficient (Wildman–Crippen LogP) is 2.83. The third-order valence-electron chi connectivity index (χ3n) is 3.93. The Labute approximate surface area is 159 Å². The van der Waals surface area contributed by atoms with E-state index in [0.29, 0.717) is 46.5 Å². The van der Waals surface area contributed by atoms with E-state index >= 15 is 0 Å². The number of esters is 1. The van der Waals surface area contributed by atoms with E-state index in [-0.39, 0.29) is 6.61 Å². The fourth-order valence-corrected chi connectivity index (χ4v) is 2.94. The molecule has 0 saturated carbocycles.